The highest BCUT2D eigenvalue weighted by atomic mass is 79.9. The first-order valence-electron chi connectivity index (χ1n) is 3.59. The van der Waals surface area contributed by atoms with E-state index in [-0.39, 0.29) is 0 Å². The summed E-state index contributed by atoms with van der Waals surface area (Å²) in [7, 11) is 0. The zero-order chi connectivity index (χ0) is 8.81. The lowest BCUT2D eigenvalue weighted by Crippen LogP contribution is -1.88. The molecule has 3 heteroatoms. The minimum atomic E-state index is 0.529. The van der Waals surface area contributed by atoms with E-state index in [1.165, 1.54) is 0 Å². The van der Waals surface area contributed by atoms with E-state index in [0.717, 1.165) is 17.3 Å². The Morgan fingerprint density at radius 1 is 1.50 bits per heavy atom. The summed E-state index contributed by atoms with van der Waals surface area (Å²) in [5.74, 6) is 6.50. The van der Waals surface area contributed by atoms with Crippen molar-refractivity contribution in [3.05, 3.63) is 23.9 Å². The first-order chi connectivity index (χ1) is 5.83. The van der Waals surface area contributed by atoms with Crippen LogP contribution in [0, 0.1) is 11.8 Å². The molecule has 0 atom stereocenters. The molecule has 2 N–H and O–H groups in total. The first-order valence-corrected chi connectivity index (χ1v) is 4.71. The Hall–Kier alpha value is -1.01. The monoisotopic (exact) mass is 224 g/mol. The maximum atomic E-state index is 5.41. The minimum Gasteiger partial charge on any atom is -0.384 e. The van der Waals surface area contributed by atoms with Gasteiger partial charge < -0.3 is 5.73 Å². The van der Waals surface area contributed by atoms with Crippen molar-refractivity contribution in [1.29, 1.82) is 0 Å². The molecule has 12 heavy (non-hydrogen) atoms. The van der Waals surface area contributed by atoms with Gasteiger partial charge in [0.15, 0.2) is 0 Å². The average Bonchev–Trinajstić information content (AvgIpc) is 2.09. The molecule has 0 spiro atoms. The minimum absolute atomic E-state index is 0.529. The molecule has 0 aromatic carbocycles. The van der Waals surface area contributed by atoms with E-state index in [1.54, 1.807) is 12.3 Å². The second-order valence-electron chi connectivity index (χ2n) is 2.21. The van der Waals surface area contributed by atoms with Crippen LogP contribution in [-0.2, 0) is 0 Å². The highest BCUT2D eigenvalue weighted by Crippen LogP contribution is 1.98. The van der Waals surface area contributed by atoms with Crippen molar-refractivity contribution in [2.24, 2.45) is 0 Å². The number of anilines is 1. The lowest BCUT2D eigenvalue weighted by atomic mass is 10.3. The van der Waals surface area contributed by atoms with Crippen LogP contribution >= 0.6 is 15.9 Å². The van der Waals surface area contributed by atoms with Gasteiger partial charge in [-0.1, -0.05) is 27.8 Å². The summed E-state index contributed by atoms with van der Waals surface area (Å²) in [6, 6.07) is 3.61. The third-order valence-corrected chi connectivity index (χ3v) is 1.64. The van der Waals surface area contributed by atoms with E-state index in [4.69, 9.17) is 5.73 Å². The van der Waals surface area contributed by atoms with Crippen LogP contribution in [0.25, 0.3) is 0 Å². The fraction of sp³-hybridized carbons (Fsp3) is 0.222. The molecule has 1 aromatic heterocycles. The Balaban J connectivity index is 2.66. The van der Waals surface area contributed by atoms with Gasteiger partial charge in [-0.05, 0) is 12.1 Å². The average molecular weight is 225 g/mol. The van der Waals surface area contributed by atoms with E-state index < -0.39 is 0 Å². The van der Waals surface area contributed by atoms with Crippen molar-refractivity contribution in [2.45, 2.75) is 6.42 Å². The maximum absolute atomic E-state index is 5.41. The van der Waals surface area contributed by atoms with E-state index >= 15 is 0 Å². The molecular formula is C9H9BrN2. The van der Waals surface area contributed by atoms with Crippen LogP contribution in [0.15, 0.2) is 18.3 Å². The number of pyridine rings is 1. The summed E-state index contributed by atoms with van der Waals surface area (Å²) in [4.78, 5) is 3.92. The van der Waals surface area contributed by atoms with Crippen LogP contribution in [0.2, 0.25) is 0 Å². The van der Waals surface area contributed by atoms with Gasteiger partial charge in [-0.25, -0.2) is 4.98 Å². The van der Waals surface area contributed by atoms with E-state index in [1.807, 2.05) is 6.07 Å². The molecule has 1 heterocycles. The van der Waals surface area contributed by atoms with Crippen LogP contribution in [0.1, 0.15) is 12.0 Å². The number of nitrogens with two attached hydrogens (primary N) is 1. The van der Waals surface area contributed by atoms with Gasteiger partial charge in [0.2, 0.25) is 0 Å². The van der Waals surface area contributed by atoms with Crippen molar-refractivity contribution in [1.82, 2.24) is 4.98 Å². The van der Waals surface area contributed by atoms with Crippen molar-refractivity contribution in [3.8, 4) is 11.8 Å². The van der Waals surface area contributed by atoms with Crippen molar-refractivity contribution in [2.75, 3.05) is 11.1 Å². The lowest BCUT2D eigenvalue weighted by molar-refractivity contribution is 1.30. The molecule has 2 nitrogen and oxygen atoms in total. The van der Waals surface area contributed by atoms with Gasteiger partial charge >= 0.3 is 0 Å². The van der Waals surface area contributed by atoms with Crippen LogP contribution in [0.5, 0.6) is 0 Å². The predicted molar refractivity (Wildman–Crippen MR) is 53.9 cm³/mol. The van der Waals surface area contributed by atoms with E-state index in [2.05, 4.69) is 32.8 Å². The Morgan fingerprint density at radius 2 is 2.33 bits per heavy atom. The maximum Gasteiger partial charge on any atom is 0.123 e. The summed E-state index contributed by atoms with van der Waals surface area (Å²) in [5.41, 5.74) is 6.32. The largest absolute Gasteiger partial charge is 0.384 e. The molecule has 0 aliphatic carbocycles. The Bertz CT molecular complexity index is 295. The van der Waals surface area contributed by atoms with Gasteiger partial charge in [-0.3, -0.25) is 0 Å². The quantitative estimate of drug-likeness (QED) is 0.584. The topological polar surface area (TPSA) is 38.9 Å². The number of rotatable bonds is 1. The molecule has 1 rings (SSSR count). The highest BCUT2D eigenvalue weighted by molar-refractivity contribution is 9.09. The molecule has 0 aliphatic rings. The lowest BCUT2D eigenvalue weighted by Gasteiger charge is -1.90. The van der Waals surface area contributed by atoms with Gasteiger partial charge in [0.05, 0.1) is 0 Å². The van der Waals surface area contributed by atoms with Crippen LogP contribution in [0.4, 0.5) is 5.82 Å². The van der Waals surface area contributed by atoms with Gasteiger partial charge in [0.25, 0.3) is 0 Å². The zero-order valence-electron chi connectivity index (χ0n) is 6.55. The Morgan fingerprint density at radius 3 is 2.92 bits per heavy atom. The van der Waals surface area contributed by atoms with Gasteiger partial charge in [0.1, 0.15) is 5.82 Å². The summed E-state index contributed by atoms with van der Waals surface area (Å²) in [6.07, 6.45) is 2.53. The first kappa shape index (κ1) is 9.08. The Labute approximate surface area is 80.3 Å². The molecule has 0 aliphatic heterocycles. The summed E-state index contributed by atoms with van der Waals surface area (Å²) < 4.78 is 0. The number of aromatic nitrogens is 1. The number of alkyl halides is 1. The molecule has 0 amide bonds. The fourth-order valence-electron chi connectivity index (χ4n) is 0.691. The SMILES string of the molecule is Nc1ccc(C#CCCBr)cn1. The highest BCUT2D eigenvalue weighted by Gasteiger charge is 1.86. The third kappa shape index (κ3) is 2.93. The number of hydrogen-bond acceptors (Lipinski definition) is 2. The molecule has 1 aromatic rings. The third-order valence-electron chi connectivity index (χ3n) is 1.24. The molecular weight excluding hydrogens is 216 g/mol. The van der Waals surface area contributed by atoms with Crippen molar-refractivity contribution >= 4 is 21.7 Å². The zero-order valence-corrected chi connectivity index (χ0v) is 8.13. The van der Waals surface area contributed by atoms with Crippen LogP contribution < -0.4 is 5.73 Å². The second-order valence-corrected chi connectivity index (χ2v) is 3.01. The smallest absolute Gasteiger partial charge is 0.123 e. The van der Waals surface area contributed by atoms with E-state index in [0.29, 0.717) is 5.82 Å². The van der Waals surface area contributed by atoms with Gasteiger partial charge in [0, 0.05) is 23.5 Å². The number of nitrogens with zero attached hydrogens (tertiary/aromatic N) is 1. The number of halogens is 1. The van der Waals surface area contributed by atoms with Crippen molar-refractivity contribution in [3.63, 3.8) is 0 Å². The Kier molecular flexibility index (Phi) is 3.62. The fourth-order valence-corrected chi connectivity index (χ4v) is 0.889. The molecule has 62 valence electrons. The number of hydrogen-bond donors (Lipinski definition) is 1. The van der Waals surface area contributed by atoms with Gasteiger partial charge in [-0.15, -0.1) is 0 Å². The summed E-state index contributed by atoms with van der Waals surface area (Å²) in [6.45, 7) is 0. The molecule has 0 saturated carbocycles. The van der Waals surface area contributed by atoms with Crippen LogP contribution in [-0.4, -0.2) is 10.3 Å². The van der Waals surface area contributed by atoms with Gasteiger partial charge in [-0.2, -0.15) is 0 Å². The predicted octanol–water partition coefficient (Wildman–Crippen LogP) is 1.80. The normalized spacial score (nSPS) is 8.75. The molecule has 0 radical (unpaired) electrons. The van der Waals surface area contributed by atoms with E-state index in [9.17, 15) is 0 Å². The number of nitrogen functional groups attached to an aromatic ring is 1. The summed E-state index contributed by atoms with van der Waals surface area (Å²) in [5, 5.41) is 0.905. The van der Waals surface area contributed by atoms with Crippen molar-refractivity contribution < 1.29 is 0 Å². The molecule has 0 unspecified atom stereocenters. The summed E-state index contributed by atoms with van der Waals surface area (Å²) >= 11 is 3.30. The standard InChI is InChI=1S/C9H9BrN2/c10-6-2-1-3-8-4-5-9(11)12-7-8/h4-5,7H,2,6H2,(H2,11,12). The molecule has 0 fully saturated rings. The molecule has 0 bridgehead atoms. The second kappa shape index (κ2) is 4.78. The van der Waals surface area contributed by atoms with Crippen LogP contribution in [0.3, 0.4) is 0 Å². The molecule has 0 saturated heterocycles.